The minimum atomic E-state index is 0.307. The average molecular weight is 119 g/mol. The number of hydrogen-bond donors (Lipinski definition) is 1. The van der Waals surface area contributed by atoms with E-state index in [-0.39, 0.29) is 0 Å². The Labute approximate surface area is 34.0 Å². The third-order valence-corrected chi connectivity index (χ3v) is 0.548. The molecule has 0 amide bonds. The molecule has 0 unspecified atom stereocenters. The molecule has 0 fully saturated rings. The van der Waals surface area contributed by atoms with Crippen molar-refractivity contribution in [3.8, 4) is 0 Å². The van der Waals surface area contributed by atoms with Gasteiger partial charge in [0.15, 0.2) is 0 Å². The minimum absolute atomic E-state index is 0.307. The first-order valence-electron chi connectivity index (χ1n) is 0.902. The fourth-order valence-corrected chi connectivity index (χ4v) is 0. The zero-order chi connectivity index (χ0) is 3.41. The van der Waals surface area contributed by atoms with E-state index in [2.05, 4.69) is 3.68 Å². The fraction of sp³-hybridized carbons (Fsp3) is 0. The van der Waals surface area contributed by atoms with Crippen LogP contribution < -0.4 is 0 Å². The third kappa shape index (κ3) is 2.53. The van der Waals surface area contributed by atoms with Crippen molar-refractivity contribution >= 4 is 24.5 Å². The van der Waals surface area contributed by atoms with Gasteiger partial charge in [0.2, 0.25) is 0 Å². The van der Waals surface area contributed by atoms with E-state index in [4.69, 9.17) is 5.02 Å². The molecule has 0 aromatic rings. The second-order valence-electron chi connectivity index (χ2n) is 0.341. The normalized spacial score (nSPS) is 7.25. The molecule has 1 N–H and O–H groups in total. The van der Waals surface area contributed by atoms with Crippen molar-refractivity contribution in [2.45, 2.75) is 0 Å². The molecular weight excluding hydrogens is 115 g/mol. The van der Waals surface area contributed by atoms with Crippen molar-refractivity contribution in [3.05, 3.63) is 0 Å². The zero-order valence-electron chi connectivity index (χ0n) is 2.43. The molecule has 0 aliphatic heterocycles. The van der Waals surface area contributed by atoms with Gasteiger partial charge in [-0.2, -0.15) is 0 Å². The molecule has 23 valence electrons. The Kier molecular flexibility index (Phi) is 3.99. The second-order valence-corrected chi connectivity index (χ2v) is 1.33. The maximum atomic E-state index is 7.57. The van der Waals surface area contributed by atoms with Crippen molar-refractivity contribution in [1.82, 2.24) is 0 Å². The Bertz CT molecular complexity index is 8.00. The van der Waals surface area contributed by atoms with Crippen LogP contribution >= 0.6 is 0 Å². The van der Waals surface area contributed by atoms with Gasteiger partial charge in [-0.3, -0.25) is 0 Å². The predicted octanol–water partition coefficient (Wildman–Crippen LogP) is -2.19. The molecule has 0 aromatic heterocycles. The Hall–Kier alpha value is 0.528. The molecule has 0 spiro atoms. The summed E-state index contributed by atoms with van der Waals surface area (Å²) in [4.78, 5) is 0. The van der Waals surface area contributed by atoms with Gasteiger partial charge in [0.1, 0.15) is 0 Å². The van der Waals surface area contributed by atoms with Crippen LogP contribution in [0.25, 0.3) is 0 Å². The van der Waals surface area contributed by atoms with E-state index in [0.29, 0.717) is 24.5 Å². The number of hydrogen-bond acceptors (Lipinski definition) is 2. The molecule has 0 atom stereocenters. The summed E-state index contributed by atoms with van der Waals surface area (Å²) < 4.78 is 4.16. The van der Waals surface area contributed by atoms with Gasteiger partial charge in [0, 0.05) is 0 Å². The molecule has 0 saturated carbocycles. The summed E-state index contributed by atoms with van der Waals surface area (Å²) in [6.07, 6.45) is 0. The summed E-state index contributed by atoms with van der Waals surface area (Å²) in [5.41, 5.74) is 0. The quantitative estimate of drug-likeness (QED) is 0.398. The van der Waals surface area contributed by atoms with Crippen LogP contribution in [0.15, 0.2) is 0 Å². The molecule has 0 aromatic carbocycles. The van der Waals surface area contributed by atoms with E-state index in [9.17, 15) is 0 Å². The Morgan fingerprint density at radius 1 is 2.00 bits per heavy atom. The molecule has 0 heterocycles. The summed E-state index contributed by atoms with van der Waals surface area (Å²) >= 11 is 0.307. The fourth-order valence-electron chi connectivity index (χ4n) is 0. The molecule has 0 rings (SSSR count). The molecule has 0 bridgehead atoms. The van der Waals surface area contributed by atoms with E-state index in [0.717, 1.165) is 0 Å². The first-order chi connectivity index (χ1) is 1.91. The van der Waals surface area contributed by atoms with E-state index in [1.165, 1.54) is 0 Å². The van der Waals surface area contributed by atoms with Crippen LogP contribution in [-0.4, -0.2) is 29.6 Å². The summed E-state index contributed by atoms with van der Waals surface area (Å²) in [7, 11) is 0.708. The molecule has 0 aliphatic rings. The van der Waals surface area contributed by atoms with Crippen LogP contribution in [0.1, 0.15) is 0 Å². The second kappa shape index (κ2) is 3.53. The first-order valence-corrected chi connectivity index (χ1v) is 2.62. The summed E-state index contributed by atoms with van der Waals surface area (Å²) in [6, 6.07) is 0. The van der Waals surface area contributed by atoms with E-state index < -0.39 is 0 Å². The van der Waals surface area contributed by atoms with Crippen molar-refractivity contribution in [2.24, 2.45) is 0 Å². The van der Waals surface area contributed by atoms with Crippen molar-refractivity contribution < 1.29 is 8.71 Å². The van der Waals surface area contributed by atoms with Gasteiger partial charge in [-0.15, -0.1) is 0 Å². The van der Waals surface area contributed by atoms with Gasteiger partial charge >= 0.3 is 33.2 Å². The standard InChI is InChI=1S/BGeH4O2/c2-4-1-3/h3H,2H3. The molecule has 4 heavy (non-hydrogen) atoms. The van der Waals surface area contributed by atoms with Gasteiger partial charge in [0.25, 0.3) is 0 Å². The molecule has 1 radical (unpaired) electrons. The Morgan fingerprint density at radius 2 is 2.25 bits per heavy atom. The van der Waals surface area contributed by atoms with Gasteiger partial charge in [-0.1, -0.05) is 0 Å². The SMILES string of the molecule is O[B][O][GeH3]. The number of rotatable bonds is 1. The summed E-state index contributed by atoms with van der Waals surface area (Å²) in [6.45, 7) is 0. The van der Waals surface area contributed by atoms with Crippen LogP contribution in [0, 0.1) is 0 Å². The predicted molar refractivity (Wildman–Crippen MR) is 19.0 cm³/mol. The first kappa shape index (κ1) is 4.53. The van der Waals surface area contributed by atoms with Crippen LogP contribution in [0.4, 0.5) is 0 Å². The van der Waals surface area contributed by atoms with Crippen LogP contribution in [0.2, 0.25) is 0 Å². The van der Waals surface area contributed by atoms with E-state index in [1.807, 2.05) is 0 Å². The summed E-state index contributed by atoms with van der Waals surface area (Å²) in [5.74, 6) is 0. The van der Waals surface area contributed by atoms with Crippen LogP contribution in [-0.2, 0) is 3.68 Å². The van der Waals surface area contributed by atoms with Crippen molar-refractivity contribution in [1.29, 1.82) is 0 Å². The van der Waals surface area contributed by atoms with Gasteiger partial charge in [-0.05, 0) is 0 Å². The van der Waals surface area contributed by atoms with Crippen LogP contribution in [0.3, 0.4) is 0 Å². The Balaban J connectivity index is 1.97. The third-order valence-electron chi connectivity index (χ3n) is 0.105. The molecule has 4 heteroatoms. The van der Waals surface area contributed by atoms with Crippen molar-refractivity contribution in [2.75, 3.05) is 0 Å². The van der Waals surface area contributed by atoms with Gasteiger partial charge in [0.05, 0.1) is 0 Å². The van der Waals surface area contributed by atoms with E-state index in [1.54, 1.807) is 0 Å². The van der Waals surface area contributed by atoms with Crippen molar-refractivity contribution in [3.63, 3.8) is 0 Å². The summed E-state index contributed by atoms with van der Waals surface area (Å²) in [5, 5.41) is 7.57. The van der Waals surface area contributed by atoms with Gasteiger partial charge in [-0.25, -0.2) is 0 Å². The van der Waals surface area contributed by atoms with E-state index >= 15 is 0 Å². The molecule has 0 saturated heterocycles. The monoisotopic (exact) mass is 121 g/mol. The Morgan fingerprint density at radius 3 is 2.25 bits per heavy atom. The maximum absolute atomic E-state index is 7.57. The van der Waals surface area contributed by atoms with Crippen LogP contribution in [0.5, 0.6) is 0 Å². The zero-order valence-corrected chi connectivity index (χ0v) is 6.63. The average Bonchev–Trinajstić information content (AvgIpc) is 1.37. The molecular formula is H4BGeO2. The topological polar surface area (TPSA) is 29.5 Å². The van der Waals surface area contributed by atoms with Gasteiger partial charge < -0.3 is 0 Å². The molecule has 0 aliphatic carbocycles. The molecule has 2 nitrogen and oxygen atoms in total.